The van der Waals surface area contributed by atoms with Gasteiger partial charge in [0.05, 0.1) is 23.6 Å². The Labute approximate surface area is 165 Å². The van der Waals surface area contributed by atoms with Gasteiger partial charge in [0.15, 0.2) is 0 Å². The van der Waals surface area contributed by atoms with Crippen LogP contribution in [0.25, 0.3) is 5.69 Å². The number of fused-ring (bicyclic) bond motifs is 1. The molecule has 4 heterocycles. The van der Waals surface area contributed by atoms with Gasteiger partial charge >= 0.3 is 0 Å². The van der Waals surface area contributed by atoms with Crippen LogP contribution in [0.2, 0.25) is 5.02 Å². The molecule has 0 N–H and O–H groups in total. The molecule has 0 unspecified atom stereocenters. The van der Waals surface area contributed by atoms with Gasteiger partial charge in [-0.2, -0.15) is 5.10 Å². The highest BCUT2D eigenvalue weighted by atomic mass is 35.5. The van der Waals surface area contributed by atoms with Crippen molar-refractivity contribution in [2.24, 2.45) is 11.8 Å². The zero-order valence-corrected chi connectivity index (χ0v) is 16.8. The molecular formula is C21H27ClN4O. The van der Waals surface area contributed by atoms with Crippen molar-refractivity contribution in [2.75, 3.05) is 33.7 Å². The van der Waals surface area contributed by atoms with E-state index in [0.29, 0.717) is 17.9 Å². The van der Waals surface area contributed by atoms with E-state index < -0.39 is 0 Å². The smallest absolute Gasteiger partial charge is 0.0858 e. The Bertz CT molecular complexity index is 837. The summed E-state index contributed by atoms with van der Waals surface area (Å²) in [6.45, 7) is 4.26. The van der Waals surface area contributed by atoms with Crippen molar-refractivity contribution in [1.29, 1.82) is 0 Å². The molecule has 3 fully saturated rings. The lowest BCUT2D eigenvalue weighted by Crippen LogP contribution is -2.40. The van der Waals surface area contributed by atoms with Crippen LogP contribution in [-0.4, -0.2) is 65.0 Å². The molecule has 5 rings (SSSR count). The van der Waals surface area contributed by atoms with Gasteiger partial charge in [0, 0.05) is 54.8 Å². The Kier molecular flexibility index (Phi) is 4.32. The third-order valence-corrected chi connectivity index (χ3v) is 6.78. The van der Waals surface area contributed by atoms with Gasteiger partial charge < -0.3 is 9.64 Å². The van der Waals surface area contributed by atoms with Crippen LogP contribution in [0.15, 0.2) is 36.7 Å². The summed E-state index contributed by atoms with van der Waals surface area (Å²) < 4.78 is 8.46. The molecule has 0 aliphatic carbocycles. The normalized spacial score (nSPS) is 32.5. The number of ether oxygens (including phenoxy) is 1. The van der Waals surface area contributed by atoms with Crippen LogP contribution >= 0.6 is 11.6 Å². The maximum Gasteiger partial charge on any atom is 0.0858 e. The summed E-state index contributed by atoms with van der Waals surface area (Å²) >= 11 is 6.11. The molecule has 3 aliphatic rings. The summed E-state index contributed by atoms with van der Waals surface area (Å²) in [6.07, 6.45) is 7.03. The van der Waals surface area contributed by atoms with Crippen molar-refractivity contribution in [2.45, 2.75) is 31.1 Å². The molecule has 5 nitrogen and oxygen atoms in total. The maximum absolute atomic E-state index is 6.55. The van der Waals surface area contributed by atoms with Gasteiger partial charge in [-0.25, -0.2) is 4.68 Å². The first-order chi connectivity index (χ1) is 13.0. The van der Waals surface area contributed by atoms with E-state index in [1.807, 2.05) is 35.1 Å². The molecule has 0 amide bonds. The average Bonchev–Trinajstić information content (AvgIpc) is 3.36. The van der Waals surface area contributed by atoms with Crippen molar-refractivity contribution < 1.29 is 4.74 Å². The lowest BCUT2D eigenvalue weighted by atomic mass is 9.73. The highest BCUT2D eigenvalue weighted by Crippen LogP contribution is 2.55. The molecular weight excluding hydrogens is 360 g/mol. The van der Waals surface area contributed by atoms with Crippen LogP contribution in [0, 0.1) is 11.8 Å². The first-order valence-corrected chi connectivity index (χ1v) is 10.2. The molecule has 1 aromatic heterocycles. The molecule has 6 heteroatoms. The predicted molar refractivity (Wildman–Crippen MR) is 106 cm³/mol. The molecule has 2 bridgehead atoms. The Morgan fingerprint density at radius 1 is 1.37 bits per heavy atom. The number of halogens is 1. The molecule has 3 aliphatic heterocycles. The summed E-state index contributed by atoms with van der Waals surface area (Å²) in [5, 5.41) is 5.27. The summed E-state index contributed by atoms with van der Waals surface area (Å²) in [4.78, 5) is 4.88. The van der Waals surface area contributed by atoms with Crippen LogP contribution in [0.1, 0.15) is 18.4 Å². The molecule has 2 aromatic rings. The van der Waals surface area contributed by atoms with E-state index in [4.69, 9.17) is 16.3 Å². The van der Waals surface area contributed by atoms with Crippen LogP contribution < -0.4 is 0 Å². The van der Waals surface area contributed by atoms with Gasteiger partial charge in [-0.05, 0) is 45.1 Å². The first-order valence-electron chi connectivity index (χ1n) is 9.87. The summed E-state index contributed by atoms with van der Waals surface area (Å²) in [7, 11) is 4.35. The summed E-state index contributed by atoms with van der Waals surface area (Å²) in [5.74, 6) is 1.34. The topological polar surface area (TPSA) is 33.5 Å². The van der Waals surface area contributed by atoms with Gasteiger partial charge in [0.1, 0.15) is 0 Å². The second kappa shape index (κ2) is 6.59. The third kappa shape index (κ3) is 3.11. The second-order valence-corrected chi connectivity index (χ2v) is 9.17. The number of hydrogen-bond acceptors (Lipinski definition) is 4. The number of nitrogens with zero attached hydrogens (tertiary/aromatic N) is 4. The Morgan fingerprint density at radius 3 is 3.07 bits per heavy atom. The van der Waals surface area contributed by atoms with E-state index in [9.17, 15) is 0 Å². The fourth-order valence-corrected chi connectivity index (χ4v) is 5.72. The van der Waals surface area contributed by atoms with Gasteiger partial charge in [0.2, 0.25) is 0 Å². The Hall–Kier alpha value is -1.40. The molecule has 1 aromatic carbocycles. The third-order valence-electron chi connectivity index (χ3n) is 6.55. The molecule has 3 saturated heterocycles. The van der Waals surface area contributed by atoms with E-state index in [1.165, 1.54) is 18.4 Å². The molecule has 0 radical (unpaired) electrons. The highest BCUT2D eigenvalue weighted by Gasteiger charge is 2.62. The van der Waals surface area contributed by atoms with Crippen LogP contribution in [0.5, 0.6) is 0 Å². The molecule has 4 atom stereocenters. The van der Waals surface area contributed by atoms with Crippen LogP contribution in [0.3, 0.4) is 0 Å². The van der Waals surface area contributed by atoms with Crippen molar-refractivity contribution in [3.63, 3.8) is 0 Å². The van der Waals surface area contributed by atoms with Crippen molar-refractivity contribution in [1.82, 2.24) is 19.6 Å². The quantitative estimate of drug-likeness (QED) is 0.790. The van der Waals surface area contributed by atoms with E-state index >= 15 is 0 Å². The minimum absolute atomic E-state index is 0.105. The van der Waals surface area contributed by atoms with Gasteiger partial charge in [0.25, 0.3) is 0 Å². The Morgan fingerprint density at radius 2 is 2.26 bits per heavy atom. The number of rotatable bonds is 5. The summed E-state index contributed by atoms with van der Waals surface area (Å²) in [6, 6.07) is 7.81. The number of likely N-dealkylation sites (tertiary alicyclic amines) is 1. The van der Waals surface area contributed by atoms with Crippen molar-refractivity contribution in [3.05, 3.63) is 47.2 Å². The van der Waals surface area contributed by atoms with Crippen molar-refractivity contribution in [3.8, 4) is 5.69 Å². The lowest BCUT2D eigenvalue weighted by Gasteiger charge is -2.31. The minimum Gasteiger partial charge on any atom is -0.370 e. The van der Waals surface area contributed by atoms with E-state index in [2.05, 4.69) is 35.2 Å². The van der Waals surface area contributed by atoms with Crippen molar-refractivity contribution >= 4 is 11.6 Å². The second-order valence-electron chi connectivity index (χ2n) is 8.73. The fraction of sp³-hybridized carbons (Fsp3) is 0.571. The average molecular weight is 387 g/mol. The monoisotopic (exact) mass is 386 g/mol. The number of hydrogen-bond donors (Lipinski definition) is 0. The Balaban J connectivity index is 1.29. The zero-order chi connectivity index (χ0) is 18.6. The molecule has 27 heavy (non-hydrogen) atoms. The largest absolute Gasteiger partial charge is 0.370 e. The van der Waals surface area contributed by atoms with Gasteiger partial charge in [-0.15, -0.1) is 0 Å². The summed E-state index contributed by atoms with van der Waals surface area (Å²) in [5.41, 5.74) is 2.34. The lowest BCUT2D eigenvalue weighted by molar-refractivity contribution is 0.00145. The predicted octanol–water partition coefficient (Wildman–Crippen LogP) is 3.07. The highest BCUT2D eigenvalue weighted by molar-refractivity contribution is 6.30. The SMILES string of the molecule is CN(C)C[C@H]1[C@H]2CN(Cc3cnn(-c4cccc(Cl)c4)c3)C[C@]23CC[C@H]1O3. The first kappa shape index (κ1) is 17.7. The standard InChI is InChI=1S/C21H27ClN4O/c1-24(2)12-18-19-13-25(14-21(19)7-6-20(18)27-21)10-15-9-23-26(11-15)17-5-3-4-16(22)8-17/h3-5,8-9,11,18-20H,6-7,10,12-14H2,1-2H3/t18-,19+,20+,21+/m0/s1. The minimum atomic E-state index is 0.105. The van der Waals surface area contributed by atoms with E-state index in [1.54, 1.807) is 0 Å². The molecule has 0 saturated carbocycles. The number of aromatic nitrogens is 2. The fourth-order valence-electron chi connectivity index (χ4n) is 5.53. The maximum atomic E-state index is 6.55. The van der Waals surface area contributed by atoms with E-state index in [-0.39, 0.29) is 5.60 Å². The van der Waals surface area contributed by atoms with Gasteiger partial charge in [-0.1, -0.05) is 17.7 Å². The zero-order valence-electron chi connectivity index (χ0n) is 16.0. The number of benzene rings is 1. The molecule has 144 valence electrons. The molecule has 1 spiro atoms. The van der Waals surface area contributed by atoms with Crippen LogP contribution in [0.4, 0.5) is 0 Å². The van der Waals surface area contributed by atoms with Crippen LogP contribution in [-0.2, 0) is 11.3 Å². The van der Waals surface area contributed by atoms with E-state index in [0.717, 1.165) is 36.9 Å². The van der Waals surface area contributed by atoms with Gasteiger partial charge in [-0.3, -0.25) is 4.90 Å².